The van der Waals surface area contributed by atoms with Gasteiger partial charge in [-0.15, -0.1) is 0 Å². The fourth-order valence-electron chi connectivity index (χ4n) is 2.69. The van der Waals surface area contributed by atoms with E-state index in [1.165, 1.54) is 13.2 Å². The molecule has 0 bridgehead atoms. The Kier molecular flexibility index (Phi) is 5.23. The summed E-state index contributed by atoms with van der Waals surface area (Å²) in [5.41, 5.74) is 3.66. The van der Waals surface area contributed by atoms with Gasteiger partial charge in [-0.3, -0.25) is 0 Å². The topological polar surface area (TPSA) is 80.6 Å². The van der Waals surface area contributed by atoms with E-state index in [9.17, 15) is 9.59 Å². The molecule has 1 aromatic heterocycles. The molecule has 0 aliphatic rings. The summed E-state index contributed by atoms with van der Waals surface area (Å²) in [6.07, 6.45) is 0. The number of nitrogens with one attached hydrogen (secondary N) is 2. The maximum Gasteiger partial charge on any atom is 0.337 e. The number of anilines is 2. The number of aryl methyl sites for hydroxylation is 2. The summed E-state index contributed by atoms with van der Waals surface area (Å²) in [5, 5.41) is 7.33. The van der Waals surface area contributed by atoms with E-state index in [0.29, 0.717) is 27.6 Å². The number of ether oxygens (including phenoxy) is 1. The van der Waals surface area contributed by atoms with Crippen LogP contribution in [0.4, 0.5) is 11.4 Å². The average molecular weight is 382 g/mol. The number of carbonyl (C=O) groups excluding carboxylic acids is 1. The number of rotatable bonds is 3. The summed E-state index contributed by atoms with van der Waals surface area (Å²) < 4.78 is 9.99. The van der Waals surface area contributed by atoms with E-state index in [1.807, 2.05) is 32.0 Å². The highest BCUT2D eigenvalue weighted by atomic mass is 32.1. The molecule has 138 valence electrons. The van der Waals surface area contributed by atoms with Crippen LogP contribution < -0.4 is 16.3 Å². The van der Waals surface area contributed by atoms with Gasteiger partial charge in [-0.2, -0.15) is 0 Å². The molecular formula is C20H18N2O4S. The summed E-state index contributed by atoms with van der Waals surface area (Å²) >= 11 is 5.36. The number of hydrogen-bond donors (Lipinski definition) is 2. The molecule has 0 aliphatic carbocycles. The first-order valence-electron chi connectivity index (χ1n) is 8.19. The molecule has 3 rings (SSSR count). The zero-order valence-corrected chi connectivity index (χ0v) is 15.9. The van der Waals surface area contributed by atoms with Crippen molar-refractivity contribution in [3.05, 3.63) is 69.6 Å². The maximum atomic E-state index is 11.7. The van der Waals surface area contributed by atoms with Crippen LogP contribution in [0.15, 0.2) is 51.7 Å². The largest absolute Gasteiger partial charge is 0.465 e. The van der Waals surface area contributed by atoms with E-state index >= 15 is 0 Å². The SMILES string of the molecule is COC(=O)c1ccc(C)c(NC(=S)Nc2ccc3c(C)cc(=O)oc3c2)c1. The van der Waals surface area contributed by atoms with E-state index in [-0.39, 0.29) is 0 Å². The molecule has 6 nitrogen and oxygen atoms in total. The highest BCUT2D eigenvalue weighted by Crippen LogP contribution is 2.22. The molecule has 2 N–H and O–H groups in total. The molecule has 0 fully saturated rings. The molecule has 0 saturated carbocycles. The molecule has 27 heavy (non-hydrogen) atoms. The van der Waals surface area contributed by atoms with Crippen LogP contribution in [0.2, 0.25) is 0 Å². The first-order valence-corrected chi connectivity index (χ1v) is 8.59. The molecule has 2 aromatic carbocycles. The Balaban J connectivity index is 1.81. The molecule has 1 heterocycles. The minimum Gasteiger partial charge on any atom is -0.465 e. The first kappa shape index (κ1) is 18.6. The van der Waals surface area contributed by atoms with Crippen molar-refractivity contribution in [3.8, 4) is 0 Å². The number of esters is 1. The number of fused-ring (bicyclic) bond motifs is 1. The monoisotopic (exact) mass is 382 g/mol. The van der Waals surface area contributed by atoms with Crippen LogP contribution in [-0.4, -0.2) is 18.2 Å². The van der Waals surface area contributed by atoms with Gasteiger partial charge in [0.25, 0.3) is 0 Å². The first-order chi connectivity index (χ1) is 12.9. The van der Waals surface area contributed by atoms with Gasteiger partial charge in [0.05, 0.1) is 12.7 Å². The van der Waals surface area contributed by atoms with Gasteiger partial charge in [0.1, 0.15) is 5.58 Å². The van der Waals surface area contributed by atoms with Crippen LogP contribution in [0.5, 0.6) is 0 Å². The summed E-state index contributed by atoms with van der Waals surface area (Å²) in [4.78, 5) is 23.3. The van der Waals surface area contributed by atoms with E-state index in [2.05, 4.69) is 10.6 Å². The Bertz CT molecular complexity index is 1100. The van der Waals surface area contributed by atoms with Crippen molar-refractivity contribution in [2.45, 2.75) is 13.8 Å². The zero-order valence-electron chi connectivity index (χ0n) is 15.1. The predicted octanol–water partition coefficient (Wildman–Crippen LogP) is 4.01. The van der Waals surface area contributed by atoms with Crippen molar-refractivity contribution in [1.29, 1.82) is 0 Å². The number of carbonyl (C=O) groups is 1. The lowest BCUT2D eigenvalue weighted by atomic mass is 10.1. The molecule has 0 atom stereocenters. The number of thiocarbonyl (C=S) groups is 1. The highest BCUT2D eigenvalue weighted by Gasteiger charge is 2.10. The minimum absolute atomic E-state index is 0.342. The van der Waals surface area contributed by atoms with Crippen molar-refractivity contribution in [2.75, 3.05) is 17.7 Å². The molecule has 0 aliphatic heterocycles. The van der Waals surface area contributed by atoms with E-state index < -0.39 is 11.6 Å². The van der Waals surface area contributed by atoms with Crippen LogP contribution in [0.1, 0.15) is 21.5 Å². The number of methoxy groups -OCH3 is 1. The van der Waals surface area contributed by atoms with Crippen LogP contribution in [0.3, 0.4) is 0 Å². The normalized spacial score (nSPS) is 10.5. The van der Waals surface area contributed by atoms with Gasteiger partial charge in [-0.1, -0.05) is 6.07 Å². The van der Waals surface area contributed by atoms with Crippen molar-refractivity contribution in [3.63, 3.8) is 0 Å². The molecule has 7 heteroatoms. The summed E-state index contributed by atoms with van der Waals surface area (Å²) in [6, 6.07) is 12.1. The van der Waals surface area contributed by atoms with Gasteiger partial charge in [-0.05, 0) is 61.5 Å². The van der Waals surface area contributed by atoms with Gasteiger partial charge in [0.15, 0.2) is 5.11 Å². The predicted molar refractivity (Wildman–Crippen MR) is 110 cm³/mol. The number of hydrogen-bond acceptors (Lipinski definition) is 5. The number of benzene rings is 2. The van der Waals surface area contributed by atoms with Crippen LogP contribution in [0, 0.1) is 13.8 Å². The van der Waals surface area contributed by atoms with Gasteiger partial charge >= 0.3 is 11.6 Å². The maximum absolute atomic E-state index is 11.7. The molecule has 0 amide bonds. The second kappa shape index (κ2) is 7.59. The minimum atomic E-state index is -0.420. The Hall–Kier alpha value is -3.19. The quantitative estimate of drug-likeness (QED) is 0.402. The Morgan fingerprint density at radius 3 is 2.56 bits per heavy atom. The second-order valence-electron chi connectivity index (χ2n) is 6.06. The van der Waals surface area contributed by atoms with Crippen molar-refractivity contribution >= 4 is 45.6 Å². The highest BCUT2D eigenvalue weighted by molar-refractivity contribution is 7.80. The molecule has 0 unspecified atom stereocenters. The Morgan fingerprint density at radius 2 is 1.81 bits per heavy atom. The van der Waals surface area contributed by atoms with E-state index in [0.717, 1.165) is 16.5 Å². The van der Waals surface area contributed by atoms with Crippen molar-refractivity contribution in [2.24, 2.45) is 0 Å². The standard InChI is InChI=1S/C20H18N2O4S/c1-11-4-5-13(19(24)25-3)9-16(11)22-20(27)21-14-6-7-15-12(2)8-18(23)26-17(15)10-14/h4-10H,1-3H3,(H2,21,22,27). The third-order valence-corrected chi connectivity index (χ3v) is 4.32. The Morgan fingerprint density at radius 1 is 1.04 bits per heavy atom. The van der Waals surface area contributed by atoms with Crippen LogP contribution >= 0.6 is 12.2 Å². The average Bonchev–Trinajstić information content (AvgIpc) is 2.62. The third-order valence-electron chi connectivity index (χ3n) is 4.12. The Labute approximate surface area is 161 Å². The fourth-order valence-corrected chi connectivity index (χ4v) is 2.92. The lowest BCUT2D eigenvalue weighted by Crippen LogP contribution is -2.20. The van der Waals surface area contributed by atoms with Crippen molar-refractivity contribution < 1.29 is 13.9 Å². The summed E-state index contributed by atoms with van der Waals surface area (Å²) in [7, 11) is 1.33. The smallest absolute Gasteiger partial charge is 0.337 e. The second-order valence-corrected chi connectivity index (χ2v) is 6.47. The fraction of sp³-hybridized carbons (Fsp3) is 0.150. The molecule has 0 spiro atoms. The lowest BCUT2D eigenvalue weighted by molar-refractivity contribution is 0.0601. The molecule has 0 saturated heterocycles. The van der Waals surface area contributed by atoms with E-state index in [1.54, 1.807) is 18.2 Å². The summed E-state index contributed by atoms with van der Waals surface area (Å²) in [5.74, 6) is -0.420. The van der Waals surface area contributed by atoms with Crippen LogP contribution in [-0.2, 0) is 4.74 Å². The van der Waals surface area contributed by atoms with Gasteiger partial charge in [-0.25, -0.2) is 9.59 Å². The third kappa shape index (κ3) is 4.15. The molecule has 3 aromatic rings. The van der Waals surface area contributed by atoms with Crippen molar-refractivity contribution in [1.82, 2.24) is 0 Å². The molecular weight excluding hydrogens is 364 g/mol. The van der Waals surface area contributed by atoms with Crippen LogP contribution in [0.25, 0.3) is 11.0 Å². The van der Waals surface area contributed by atoms with Gasteiger partial charge in [0, 0.05) is 28.9 Å². The zero-order chi connectivity index (χ0) is 19.6. The van der Waals surface area contributed by atoms with E-state index in [4.69, 9.17) is 21.4 Å². The molecule has 0 radical (unpaired) electrons. The summed E-state index contributed by atoms with van der Waals surface area (Å²) in [6.45, 7) is 3.76. The van der Waals surface area contributed by atoms with Gasteiger partial charge < -0.3 is 19.8 Å². The lowest BCUT2D eigenvalue weighted by Gasteiger charge is -2.14. The van der Waals surface area contributed by atoms with Gasteiger partial charge in [0.2, 0.25) is 0 Å².